The largest absolute Gasteiger partial charge is 0.422 e. The van der Waals surface area contributed by atoms with Crippen molar-refractivity contribution in [3.8, 4) is 0 Å². The number of ether oxygens (including phenoxy) is 1. The van der Waals surface area contributed by atoms with Crippen LogP contribution in [0, 0.1) is 0 Å². The predicted molar refractivity (Wildman–Crippen MR) is 102 cm³/mol. The first-order valence-corrected chi connectivity index (χ1v) is 9.19. The number of benzene rings is 1. The van der Waals surface area contributed by atoms with E-state index in [0.29, 0.717) is 18.4 Å². The smallest absolute Gasteiger partial charge is 0.242 e. The van der Waals surface area contributed by atoms with Gasteiger partial charge in [-0.1, -0.05) is 24.3 Å². The van der Waals surface area contributed by atoms with Gasteiger partial charge >= 0.3 is 0 Å². The summed E-state index contributed by atoms with van der Waals surface area (Å²) in [4.78, 5) is 6.71. The molecule has 0 unspecified atom stereocenters. The van der Waals surface area contributed by atoms with Gasteiger partial charge in [0.2, 0.25) is 11.8 Å². The van der Waals surface area contributed by atoms with Gasteiger partial charge in [-0.15, -0.1) is 10.2 Å². The van der Waals surface area contributed by atoms with E-state index in [0.717, 1.165) is 43.0 Å². The molecule has 0 spiro atoms. The molecule has 7 heteroatoms. The molecule has 0 atom stereocenters. The molecule has 0 radical (unpaired) electrons. The van der Waals surface area contributed by atoms with Crippen LogP contribution in [0.1, 0.15) is 36.1 Å². The lowest BCUT2D eigenvalue weighted by molar-refractivity contribution is 0.0885. The zero-order chi connectivity index (χ0) is 18.5. The summed E-state index contributed by atoms with van der Waals surface area (Å²) in [5.41, 5.74) is 7.60. The van der Waals surface area contributed by atoms with Crippen molar-refractivity contribution in [3.05, 3.63) is 66.0 Å². The van der Waals surface area contributed by atoms with E-state index in [-0.39, 0.29) is 12.5 Å². The molecule has 1 aromatic carbocycles. The van der Waals surface area contributed by atoms with Crippen molar-refractivity contribution in [1.82, 2.24) is 15.2 Å². The summed E-state index contributed by atoms with van der Waals surface area (Å²) in [6.45, 7) is 2.58. The second-order valence-corrected chi connectivity index (χ2v) is 6.67. The minimum atomic E-state index is 0.286. The Balaban J connectivity index is 1.28. The van der Waals surface area contributed by atoms with Crippen LogP contribution in [0.15, 0.2) is 53.1 Å². The van der Waals surface area contributed by atoms with E-state index in [4.69, 9.17) is 14.9 Å². The number of nitrogen functional groups attached to an aromatic ring is 1. The van der Waals surface area contributed by atoms with Crippen LogP contribution in [0.3, 0.4) is 0 Å². The van der Waals surface area contributed by atoms with Crippen molar-refractivity contribution in [2.75, 3.05) is 23.7 Å². The third-order valence-electron chi connectivity index (χ3n) is 4.84. The molecule has 3 heterocycles. The molecule has 3 aromatic rings. The van der Waals surface area contributed by atoms with Gasteiger partial charge in [-0.25, -0.2) is 4.98 Å². The molecule has 1 saturated heterocycles. The number of piperidine rings is 1. The monoisotopic (exact) mass is 365 g/mol. The van der Waals surface area contributed by atoms with Crippen LogP contribution in [-0.2, 0) is 18.0 Å². The average Bonchev–Trinajstić information content (AvgIpc) is 3.19. The van der Waals surface area contributed by atoms with Crippen LogP contribution in [0.4, 0.5) is 11.5 Å². The van der Waals surface area contributed by atoms with Crippen LogP contribution in [0.5, 0.6) is 0 Å². The molecule has 1 fully saturated rings. The first-order chi connectivity index (χ1) is 13.3. The van der Waals surface area contributed by atoms with Crippen molar-refractivity contribution in [3.63, 3.8) is 0 Å². The molecule has 7 nitrogen and oxygen atoms in total. The Morgan fingerprint density at radius 3 is 2.63 bits per heavy atom. The number of hydrogen-bond acceptors (Lipinski definition) is 7. The fourth-order valence-corrected chi connectivity index (χ4v) is 3.30. The van der Waals surface area contributed by atoms with E-state index in [1.54, 1.807) is 0 Å². The van der Waals surface area contributed by atoms with Crippen LogP contribution >= 0.6 is 0 Å². The van der Waals surface area contributed by atoms with Crippen molar-refractivity contribution in [2.24, 2.45) is 0 Å². The highest BCUT2D eigenvalue weighted by Gasteiger charge is 2.25. The first-order valence-electron chi connectivity index (χ1n) is 9.19. The molecule has 0 amide bonds. The highest BCUT2D eigenvalue weighted by molar-refractivity contribution is 5.45. The molecule has 4 rings (SSSR count). The second kappa shape index (κ2) is 8.18. The average molecular weight is 365 g/mol. The summed E-state index contributed by atoms with van der Waals surface area (Å²) in [5, 5.41) is 8.35. The lowest BCUT2D eigenvalue weighted by Gasteiger charge is -2.31. The molecule has 0 bridgehead atoms. The van der Waals surface area contributed by atoms with Crippen LogP contribution < -0.4 is 10.6 Å². The van der Waals surface area contributed by atoms with Gasteiger partial charge in [-0.05, 0) is 31.0 Å². The predicted octanol–water partition coefficient (Wildman–Crippen LogP) is 3.15. The highest BCUT2D eigenvalue weighted by Crippen LogP contribution is 2.29. The number of hydrogen-bond donors (Lipinski definition) is 1. The fourth-order valence-electron chi connectivity index (χ4n) is 3.30. The lowest BCUT2D eigenvalue weighted by atomic mass is 9.97. The maximum Gasteiger partial charge on any atom is 0.242 e. The van der Waals surface area contributed by atoms with Crippen molar-refractivity contribution in [1.29, 1.82) is 0 Å². The maximum absolute atomic E-state index is 5.92. The van der Waals surface area contributed by atoms with E-state index in [1.165, 1.54) is 0 Å². The first kappa shape index (κ1) is 17.5. The van der Waals surface area contributed by atoms with E-state index in [1.807, 2.05) is 48.7 Å². The van der Waals surface area contributed by atoms with Gasteiger partial charge in [0.1, 0.15) is 12.4 Å². The molecule has 140 valence electrons. The molecule has 2 aromatic heterocycles. The molecule has 27 heavy (non-hydrogen) atoms. The number of rotatable bonds is 6. The molecule has 2 N–H and O–H groups in total. The van der Waals surface area contributed by atoms with E-state index < -0.39 is 0 Å². The zero-order valence-corrected chi connectivity index (χ0v) is 15.1. The Kier molecular flexibility index (Phi) is 5.29. The van der Waals surface area contributed by atoms with Gasteiger partial charge in [0, 0.05) is 36.5 Å². The van der Waals surface area contributed by atoms with Gasteiger partial charge in [0.05, 0.1) is 6.61 Å². The molecule has 1 aliphatic heterocycles. The van der Waals surface area contributed by atoms with Crippen LogP contribution in [0.25, 0.3) is 0 Å². The number of nitrogens with two attached hydrogens (primary N) is 1. The van der Waals surface area contributed by atoms with Crippen molar-refractivity contribution in [2.45, 2.75) is 32.0 Å². The Hall–Kier alpha value is -2.93. The summed E-state index contributed by atoms with van der Waals surface area (Å²) in [6.07, 6.45) is 3.77. The second-order valence-electron chi connectivity index (χ2n) is 6.67. The summed E-state index contributed by atoms with van der Waals surface area (Å²) < 4.78 is 11.5. The normalized spacial score (nSPS) is 15.2. The third-order valence-corrected chi connectivity index (χ3v) is 4.84. The van der Waals surface area contributed by atoms with Gasteiger partial charge in [0.25, 0.3) is 0 Å². The van der Waals surface area contributed by atoms with Gasteiger partial charge < -0.3 is 19.8 Å². The SMILES string of the molecule is Nc1ccccc1COCc1nnc(C2CCN(c3ccccn3)CC2)o1. The fraction of sp³-hybridized carbons (Fsp3) is 0.350. The van der Waals surface area contributed by atoms with Crippen molar-refractivity contribution < 1.29 is 9.15 Å². The van der Waals surface area contributed by atoms with E-state index in [9.17, 15) is 0 Å². The lowest BCUT2D eigenvalue weighted by Crippen LogP contribution is -2.33. The molecular formula is C20H23N5O2. The number of nitrogens with zero attached hydrogens (tertiary/aromatic N) is 4. The summed E-state index contributed by atoms with van der Waals surface area (Å²) in [7, 11) is 0. The van der Waals surface area contributed by atoms with Gasteiger partial charge in [-0.2, -0.15) is 0 Å². The summed E-state index contributed by atoms with van der Waals surface area (Å²) in [5.74, 6) is 2.52. The van der Waals surface area contributed by atoms with Crippen LogP contribution in [-0.4, -0.2) is 28.3 Å². The quantitative estimate of drug-likeness (QED) is 0.671. The number of aromatic nitrogens is 3. The van der Waals surface area contributed by atoms with Gasteiger partial charge in [-0.3, -0.25) is 0 Å². The Morgan fingerprint density at radius 2 is 1.85 bits per heavy atom. The Morgan fingerprint density at radius 1 is 1.04 bits per heavy atom. The number of para-hydroxylation sites is 1. The summed E-state index contributed by atoms with van der Waals surface area (Å²) in [6, 6.07) is 13.7. The minimum Gasteiger partial charge on any atom is -0.422 e. The van der Waals surface area contributed by atoms with E-state index >= 15 is 0 Å². The third kappa shape index (κ3) is 4.25. The Labute approximate surface area is 158 Å². The molecule has 0 saturated carbocycles. The molecule has 1 aliphatic rings. The summed E-state index contributed by atoms with van der Waals surface area (Å²) >= 11 is 0. The zero-order valence-electron chi connectivity index (χ0n) is 15.1. The standard InChI is InChI=1S/C20H23N5O2/c21-17-6-2-1-5-16(17)13-26-14-19-23-24-20(27-19)15-8-11-25(12-9-15)18-7-3-4-10-22-18/h1-7,10,15H,8-9,11-14,21H2. The molecule has 0 aliphatic carbocycles. The topological polar surface area (TPSA) is 90.3 Å². The maximum atomic E-state index is 5.92. The number of pyridine rings is 1. The molecular weight excluding hydrogens is 342 g/mol. The van der Waals surface area contributed by atoms with E-state index in [2.05, 4.69) is 20.1 Å². The van der Waals surface area contributed by atoms with Crippen molar-refractivity contribution >= 4 is 11.5 Å². The van der Waals surface area contributed by atoms with Crippen LogP contribution in [0.2, 0.25) is 0 Å². The number of anilines is 2. The van der Waals surface area contributed by atoms with Gasteiger partial charge in [0.15, 0.2) is 0 Å². The minimum absolute atomic E-state index is 0.286. The highest BCUT2D eigenvalue weighted by atomic mass is 16.5. The Bertz CT molecular complexity index is 860.